The minimum absolute atomic E-state index is 1.20. The number of benzene rings is 2. The van der Waals surface area contributed by atoms with Crippen LogP contribution in [0.3, 0.4) is 0 Å². The maximum atomic E-state index is 2.40. The van der Waals surface area contributed by atoms with Crippen LogP contribution >= 0.6 is 0 Å². The Bertz CT molecular complexity index is 782. The average molecular weight is 447 g/mol. The van der Waals surface area contributed by atoms with Crippen molar-refractivity contribution < 1.29 is 0 Å². The van der Waals surface area contributed by atoms with Crippen LogP contribution in [0.25, 0.3) is 17.2 Å². The Balaban J connectivity index is 2.02. The smallest absolute Gasteiger partial charge is 0.0149 e. The highest BCUT2D eigenvalue weighted by molar-refractivity contribution is 5.71. The molecule has 0 bridgehead atoms. The van der Waals surface area contributed by atoms with Gasteiger partial charge in [-0.05, 0) is 72.4 Å². The molecule has 0 atom stereocenters. The Labute approximate surface area is 205 Å². The fourth-order valence-corrected chi connectivity index (χ4v) is 4.78. The highest BCUT2D eigenvalue weighted by Crippen LogP contribution is 2.30. The molecule has 0 aliphatic rings. The Morgan fingerprint density at radius 1 is 0.606 bits per heavy atom. The molecule has 0 saturated carbocycles. The summed E-state index contributed by atoms with van der Waals surface area (Å²) < 4.78 is 0. The maximum Gasteiger partial charge on any atom is -0.0149 e. The van der Waals surface area contributed by atoms with Gasteiger partial charge in [0, 0.05) is 0 Å². The van der Waals surface area contributed by atoms with Crippen molar-refractivity contribution in [3.63, 3.8) is 0 Å². The Morgan fingerprint density at radius 2 is 1.27 bits per heavy atom. The third kappa shape index (κ3) is 10.8. The first kappa shape index (κ1) is 27.4. The van der Waals surface area contributed by atoms with Crippen LogP contribution < -0.4 is 0 Å². The van der Waals surface area contributed by atoms with Gasteiger partial charge in [0.25, 0.3) is 0 Å². The molecule has 0 spiro atoms. The molecule has 0 amide bonds. The van der Waals surface area contributed by atoms with E-state index in [1.807, 2.05) is 0 Å². The van der Waals surface area contributed by atoms with E-state index < -0.39 is 0 Å². The van der Waals surface area contributed by atoms with Crippen LogP contribution in [-0.2, 0) is 12.8 Å². The van der Waals surface area contributed by atoms with Crippen molar-refractivity contribution in [1.29, 1.82) is 0 Å². The first-order valence-electron chi connectivity index (χ1n) is 14.2. The van der Waals surface area contributed by atoms with Crippen LogP contribution in [0.1, 0.15) is 127 Å². The Hall–Kier alpha value is -1.82. The van der Waals surface area contributed by atoms with Crippen molar-refractivity contribution in [1.82, 2.24) is 0 Å². The topological polar surface area (TPSA) is 0 Å². The number of unbranched alkanes of at least 4 members (excludes halogenated alkanes) is 11. The summed E-state index contributed by atoms with van der Waals surface area (Å²) in [5.74, 6) is 0. The van der Waals surface area contributed by atoms with Crippen LogP contribution in [0, 0.1) is 0 Å². The van der Waals surface area contributed by atoms with Crippen molar-refractivity contribution in [2.24, 2.45) is 0 Å². The maximum absolute atomic E-state index is 2.40. The molecule has 2 aromatic rings. The molecule has 0 radical (unpaired) electrons. The Morgan fingerprint density at radius 3 is 2.03 bits per heavy atom. The zero-order valence-corrected chi connectivity index (χ0v) is 22.0. The minimum Gasteiger partial charge on any atom is -0.0839 e. The Kier molecular flexibility index (Phi) is 14.7. The van der Waals surface area contributed by atoms with E-state index in [0.29, 0.717) is 0 Å². The number of hydrogen-bond acceptors (Lipinski definition) is 0. The predicted octanol–water partition coefficient (Wildman–Crippen LogP) is 11.0. The fourth-order valence-electron chi connectivity index (χ4n) is 4.78. The van der Waals surface area contributed by atoms with Crippen molar-refractivity contribution in [3.8, 4) is 11.1 Å². The van der Waals surface area contributed by atoms with Gasteiger partial charge in [0.1, 0.15) is 0 Å². The lowest BCUT2D eigenvalue weighted by atomic mass is 9.89. The molecule has 0 aliphatic carbocycles. The van der Waals surface area contributed by atoms with Gasteiger partial charge in [-0.1, -0.05) is 134 Å². The zero-order chi connectivity index (χ0) is 23.6. The second-order valence-corrected chi connectivity index (χ2v) is 9.80. The van der Waals surface area contributed by atoms with E-state index >= 15 is 0 Å². The monoisotopic (exact) mass is 446 g/mol. The normalized spacial score (nSPS) is 11.5. The molecule has 0 fully saturated rings. The molecule has 0 nitrogen and oxygen atoms in total. The van der Waals surface area contributed by atoms with Crippen molar-refractivity contribution in [2.45, 2.75) is 124 Å². The van der Waals surface area contributed by atoms with Gasteiger partial charge >= 0.3 is 0 Å². The highest BCUT2D eigenvalue weighted by Gasteiger charge is 2.10. The van der Waals surface area contributed by atoms with Crippen LogP contribution in [0.5, 0.6) is 0 Å². The van der Waals surface area contributed by atoms with Gasteiger partial charge in [0.05, 0.1) is 0 Å². The van der Waals surface area contributed by atoms with Crippen molar-refractivity contribution in [2.75, 3.05) is 0 Å². The van der Waals surface area contributed by atoms with Crippen LogP contribution in [0.2, 0.25) is 0 Å². The quantitative estimate of drug-likeness (QED) is 0.200. The lowest BCUT2D eigenvalue weighted by Gasteiger charge is -2.16. The van der Waals surface area contributed by atoms with E-state index in [2.05, 4.69) is 75.4 Å². The second-order valence-electron chi connectivity index (χ2n) is 9.80. The molecular weight excluding hydrogens is 396 g/mol. The van der Waals surface area contributed by atoms with E-state index in [9.17, 15) is 0 Å². The molecular formula is C33H50. The number of rotatable bonds is 18. The second kappa shape index (κ2) is 17.6. The molecule has 0 aromatic heterocycles. The van der Waals surface area contributed by atoms with Crippen LogP contribution in [0.15, 0.2) is 48.5 Å². The largest absolute Gasteiger partial charge is 0.0839 e. The SMILES string of the molecule is CCCCCCCCCC=Cc1cccc(-c2cccc(CCCCCC)c2CCCC)c1. The van der Waals surface area contributed by atoms with Gasteiger partial charge < -0.3 is 0 Å². The summed E-state index contributed by atoms with van der Waals surface area (Å²) in [5.41, 5.74) is 7.36. The number of hydrogen-bond donors (Lipinski definition) is 0. The van der Waals surface area contributed by atoms with E-state index in [0.717, 1.165) is 0 Å². The summed E-state index contributed by atoms with van der Waals surface area (Å²) in [5, 5.41) is 0. The average Bonchev–Trinajstić information content (AvgIpc) is 2.84. The zero-order valence-electron chi connectivity index (χ0n) is 22.0. The minimum atomic E-state index is 1.20. The molecule has 182 valence electrons. The molecule has 0 unspecified atom stereocenters. The van der Waals surface area contributed by atoms with E-state index in [4.69, 9.17) is 0 Å². The molecule has 0 N–H and O–H groups in total. The van der Waals surface area contributed by atoms with E-state index in [1.165, 1.54) is 119 Å². The third-order valence-electron chi connectivity index (χ3n) is 6.84. The lowest BCUT2D eigenvalue weighted by molar-refractivity contribution is 0.592. The van der Waals surface area contributed by atoms with Crippen LogP contribution in [0.4, 0.5) is 0 Å². The first-order valence-corrected chi connectivity index (χ1v) is 14.2. The number of aryl methyl sites for hydroxylation is 1. The summed E-state index contributed by atoms with van der Waals surface area (Å²) in [6.45, 7) is 6.89. The summed E-state index contributed by atoms with van der Waals surface area (Å²) in [7, 11) is 0. The molecule has 0 heterocycles. The van der Waals surface area contributed by atoms with Crippen molar-refractivity contribution in [3.05, 3.63) is 65.2 Å². The fraction of sp³-hybridized carbons (Fsp3) is 0.576. The summed E-state index contributed by atoms with van der Waals surface area (Å²) in [6, 6.07) is 16.2. The molecule has 2 aromatic carbocycles. The molecule has 33 heavy (non-hydrogen) atoms. The van der Waals surface area contributed by atoms with Gasteiger partial charge in [-0.3, -0.25) is 0 Å². The van der Waals surface area contributed by atoms with Crippen LogP contribution in [-0.4, -0.2) is 0 Å². The van der Waals surface area contributed by atoms with E-state index in [1.54, 1.807) is 11.1 Å². The number of allylic oxidation sites excluding steroid dienone is 1. The summed E-state index contributed by atoms with van der Waals surface area (Å²) in [4.78, 5) is 0. The first-order chi connectivity index (χ1) is 16.3. The van der Waals surface area contributed by atoms with Gasteiger partial charge in [0.2, 0.25) is 0 Å². The lowest BCUT2D eigenvalue weighted by Crippen LogP contribution is -1.99. The predicted molar refractivity (Wildman–Crippen MR) is 150 cm³/mol. The molecule has 0 saturated heterocycles. The van der Waals surface area contributed by atoms with Gasteiger partial charge in [-0.15, -0.1) is 0 Å². The standard InChI is InChI=1S/C33H50/c1-4-7-10-12-13-14-15-16-17-21-29-22-19-25-31(28-29)33-27-20-24-30(23-18-11-8-5-2)32(33)26-9-6-3/h17,19-22,24-25,27-28H,4-16,18,23,26H2,1-3H3. The summed E-state index contributed by atoms with van der Waals surface area (Å²) >= 11 is 0. The van der Waals surface area contributed by atoms with Gasteiger partial charge in [-0.25, -0.2) is 0 Å². The summed E-state index contributed by atoms with van der Waals surface area (Å²) in [6.07, 6.45) is 25.9. The van der Waals surface area contributed by atoms with Crippen molar-refractivity contribution >= 4 is 6.08 Å². The molecule has 0 aliphatic heterocycles. The van der Waals surface area contributed by atoms with Gasteiger partial charge in [0.15, 0.2) is 0 Å². The third-order valence-corrected chi connectivity index (χ3v) is 6.84. The van der Waals surface area contributed by atoms with E-state index in [-0.39, 0.29) is 0 Å². The highest BCUT2D eigenvalue weighted by atomic mass is 14.1. The molecule has 0 heteroatoms. The van der Waals surface area contributed by atoms with Gasteiger partial charge in [-0.2, -0.15) is 0 Å². The molecule has 2 rings (SSSR count).